The van der Waals surface area contributed by atoms with Gasteiger partial charge in [0.2, 0.25) is 0 Å². The minimum atomic E-state index is -0.347. The molecule has 0 amide bonds. The third kappa shape index (κ3) is 3.83. The van der Waals surface area contributed by atoms with Gasteiger partial charge in [0.15, 0.2) is 0 Å². The third-order valence-corrected chi connectivity index (χ3v) is 3.46. The molecule has 1 aromatic rings. The first kappa shape index (κ1) is 12.6. The van der Waals surface area contributed by atoms with Crippen LogP contribution in [0.5, 0.6) is 0 Å². The molecule has 1 saturated heterocycles. The summed E-state index contributed by atoms with van der Waals surface area (Å²) >= 11 is 0. The number of aliphatic hydroxyl groups is 1. The van der Waals surface area contributed by atoms with Gasteiger partial charge in [-0.2, -0.15) is 0 Å². The molecule has 0 saturated carbocycles. The lowest BCUT2D eigenvalue weighted by molar-refractivity contribution is 0.00213. The molecule has 0 bridgehead atoms. The lowest BCUT2D eigenvalue weighted by Crippen LogP contribution is -2.19. The molecule has 2 unspecified atom stereocenters. The van der Waals surface area contributed by atoms with Crippen LogP contribution < -0.4 is 0 Å². The molecule has 0 radical (unpaired) electrons. The highest BCUT2D eigenvalue weighted by Gasteiger charge is 2.16. The molecule has 1 heterocycles. The fourth-order valence-corrected chi connectivity index (χ4v) is 2.42. The average molecular weight is 234 g/mol. The molecule has 1 N–H and O–H groups in total. The number of benzene rings is 1. The van der Waals surface area contributed by atoms with Crippen LogP contribution in [-0.4, -0.2) is 17.8 Å². The van der Waals surface area contributed by atoms with Gasteiger partial charge in [-0.05, 0) is 44.6 Å². The van der Waals surface area contributed by atoms with Crippen LogP contribution in [0.25, 0.3) is 0 Å². The van der Waals surface area contributed by atoms with E-state index in [2.05, 4.69) is 19.1 Å². The fourth-order valence-electron chi connectivity index (χ4n) is 2.42. The van der Waals surface area contributed by atoms with Crippen LogP contribution in [0.15, 0.2) is 24.3 Å². The fraction of sp³-hybridized carbons (Fsp3) is 0.600. The second-order valence-corrected chi connectivity index (χ2v) is 5.00. The number of ether oxygens (including phenoxy) is 1. The predicted molar refractivity (Wildman–Crippen MR) is 69.0 cm³/mol. The monoisotopic (exact) mass is 234 g/mol. The molecule has 17 heavy (non-hydrogen) atoms. The van der Waals surface area contributed by atoms with Crippen LogP contribution in [0.4, 0.5) is 0 Å². The van der Waals surface area contributed by atoms with Crippen molar-refractivity contribution in [1.29, 1.82) is 0 Å². The standard InChI is InChI=1S/C15H22O2/c1-12-5-4-6-13(11-12)15(16)9-8-14-7-2-3-10-17-14/h4-6,11,14-16H,2-3,7-10H2,1H3. The van der Waals surface area contributed by atoms with Gasteiger partial charge in [-0.1, -0.05) is 29.8 Å². The second-order valence-electron chi connectivity index (χ2n) is 5.00. The molecule has 0 aromatic heterocycles. The van der Waals surface area contributed by atoms with E-state index in [9.17, 15) is 5.11 Å². The Hall–Kier alpha value is -0.860. The normalized spacial score (nSPS) is 22.4. The van der Waals surface area contributed by atoms with Gasteiger partial charge in [0.1, 0.15) is 0 Å². The molecule has 2 atom stereocenters. The van der Waals surface area contributed by atoms with E-state index in [0.29, 0.717) is 6.10 Å². The molecule has 2 heteroatoms. The summed E-state index contributed by atoms with van der Waals surface area (Å²) in [5.74, 6) is 0. The first-order chi connectivity index (χ1) is 8.25. The maximum Gasteiger partial charge on any atom is 0.0791 e. The Kier molecular flexibility index (Phi) is 4.57. The topological polar surface area (TPSA) is 29.5 Å². The van der Waals surface area contributed by atoms with Gasteiger partial charge in [0.05, 0.1) is 12.2 Å². The summed E-state index contributed by atoms with van der Waals surface area (Å²) in [6.45, 7) is 2.95. The molecule has 94 valence electrons. The highest BCUT2D eigenvalue weighted by atomic mass is 16.5. The lowest BCUT2D eigenvalue weighted by Gasteiger charge is -2.23. The first-order valence-corrected chi connectivity index (χ1v) is 6.62. The largest absolute Gasteiger partial charge is 0.388 e. The minimum Gasteiger partial charge on any atom is -0.388 e. The highest BCUT2D eigenvalue weighted by Crippen LogP contribution is 2.24. The molecule has 1 aliphatic heterocycles. The van der Waals surface area contributed by atoms with Crippen molar-refractivity contribution in [2.45, 2.75) is 51.2 Å². The molecular formula is C15H22O2. The quantitative estimate of drug-likeness (QED) is 0.865. The Morgan fingerprint density at radius 1 is 1.41 bits per heavy atom. The van der Waals surface area contributed by atoms with Gasteiger partial charge >= 0.3 is 0 Å². The van der Waals surface area contributed by atoms with Gasteiger partial charge in [-0.15, -0.1) is 0 Å². The molecule has 1 aromatic carbocycles. The maximum absolute atomic E-state index is 10.1. The lowest BCUT2D eigenvalue weighted by atomic mass is 9.98. The SMILES string of the molecule is Cc1cccc(C(O)CCC2CCCCO2)c1. The Balaban J connectivity index is 1.82. The van der Waals surface area contributed by atoms with Crippen molar-refractivity contribution in [3.05, 3.63) is 35.4 Å². The summed E-state index contributed by atoms with van der Waals surface area (Å²) in [6, 6.07) is 8.12. The summed E-state index contributed by atoms with van der Waals surface area (Å²) in [4.78, 5) is 0. The number of hydrogen-bond acceptors (Lipinski definition) is 2. The number of hydrogen-bond donors (Lipinski definition) is 1. The van der Waals surface area contributed by atoms with Crippen LogP contribution >= 0.6 is 0 Å². The zero-order valence-electron chi connectivity index (χ0n) is 10.6. The van der Waals surface area contributed by atoms with Crippen molar-refractivity contribution in [1.82, 2.24) is 0 Å². The summed E-state index contributed by atoms with van der Waals surface area (Å²) in [6.07, 6.45) is 5.40. The Morgan fingerprint density at radius 2 is 2.29 bits per heavy atom. The molecule has 0 spiro atoms. The van der Waals surface area contributed by atoms with Gasteiger partial charge < -0.3 is 9.84 Å². The Bertz CT molecular complexity index is 343. The van der Waals surface area contributed by atoms with E-state index in [1.54, 1.807) is 0 Å². The molecule has 1 fully saturated rings. The molecule has 0 aliphatic carbocycles. The van der Waals surface area contributed by atoms with E-state index < -0.39 is 0 Å². The average Bonchev–Trinajstić information content (AvgIpc) is 2.37. The molecule has 2 nitrogen and oxygen atoms in total. The van der Waals surface area contributed by atoms with Crippen LogP contribution in [-0.2, 0) is 4.74 Å². The van der Waals surface area contributed by atoms with Crippen molar-refractivity contribution < 1.29 is 9.84 Å². The van der Waals surface area contributed by atoms with Crippen molar-refractivity contribution in [2.24, 2.45) is 0 Å². The predicted octanol–water partition coefficient (Wildman–Crippen LogP) is 3.38. The van der Waals surface area contributed by atoms with Gasteiger partial charge in [0, 0.05) is 6.61 Å². The minimum absolute atomic E-state index is 0.347. The van der Waals surface area contributed by atoms with Crippen LogP contribution in [0, 0.1) is 6.92 Å². The highest BCUT2D eigenvalue weighted by molar-refractivity contribution is 5.23. The van der Waals surface area contributed by atoms with Gasteiger partial charge in [0.25, 0.3) is 0 Å². The Morgan fingerprint density at radius 3 is 3.00 bits per heavy atom. The second kappa shape index (κ2) is 6.18. The van der Waals surface area contributed by atoms with Gasteiger partial charge in [-0.3, -0.25) is 0 Å². The van der Waals surface area contributed by atoms with E-state index in [1.165, 1.54) is 18.4 Å². The zero-order chi connectivity index (χ0) is 12.1. The van der Waals surface area contributed by atoms with Crippen LogP contribution in [0.3, 0.4) is 0 Å². The number of rotatable bonds is 4. The molecule has 2 rings (SSSR count). The number of aliphatic hydroxyl groups excluding tert-OH is 1. The smallest absolute Gasteiger partial charge is 0.0791 e. The first-order valence-electron chi connectivity index (χ1n) is 6.62. The van der Waals surface area contributed by atoms with E-state index in [-0.39, 0.29) is 6.10 Å². The third-order valence-electron chi connectivity index (χ3n) is 3.46. The summed E-state index contributed by atoms with van der Waals surface area (Å²) < 4.78 is 5.68. The van der Waals surface area contributed by atoms with Crippen molar-refractivity contribution >= 4 is 0 Å². The van der Waals surface area contributed by atoms with Crippen LogP contribution in [0.2, 0.25) is 0 Å². The summed E-state index contributed by atoms with van der Waals surface area (Å²) in [7, 11) is 0. The Labute approximate surface area is 104 Å². The van der Waals surface area contributed by atoms with Crippen molar-refractivity contribution in [3.8, 4) is 0 Å². The summed E-state index contributed by atoms with van der Waals surface area (Å²) in [5.41, 5.74) is 2.23. The van der Waals surface area contributed by atoms with E-state index in [1.807, 2.05) is 12.1 Å². The van der Waals surface area contributed by atoms with Gasteiger partial charge in [-0.25, -0.2) is 0 Å². The van der Waals surface area contributed by atoms with Crippen molar-refractivity contribution in [3.63, 3.8) is 0 Å². The van der Waals surface area contributed by atoms with E-state index >= 15 is 0 Å². The summed E-state index contributed by atoms with van der Waals surface area (Å²) in [5, 5.41) is 10.1. The van der Waals surface area contributed by atoms with Crippen molar-refractivity contribution in [2.75, 3.05) is 6.61 Å². The molecule has 1 aliphatic rings. The van der Waals surface area contributed by atoms with Crippen LogP contribution in [0.1, 0.15) is 49.3 Å². The van der Waals surface area contributed by atoms with E-state index in [0.717, 1.165) is 31.4 Å². The zero-order valence-corrected chi connectivity index (χ0v) is 10.6. The molecular weight excluding hydrogens is 212 g/mol. The van der Waals surface area contributed by atoms with E-state index in [4.69, 9.17) is 4.74 Å². The number of aryl methyl sites for hydroxylation is 1. The maximum atomic E-state index is 10.1.